The van der Waals surface area contributed by atoms with Crippen LogP contribution in [0.3, 0.4) is 0 Å². The van der Waals surface area contributed by atoms with Gasteiger partial charge in [0.1, 0.15) is 4.90 Å². The van der Waals surface area contributed by atoms with Crippen molar-refractivity contribution in [3.05, 3.63) is 11.4 Å². The first-order chi connectivity index (χ1) is 11.2. The molecule has 25 heavy (non-hydrogen) atoms. The van der Waals surface area contributed by atoms with Crippen LogP contribution in [0.5, 0.6) is 0 Å². The molecule has 0 spiro atoms. The summed E-state index contributed by atoms with van der Waals surface area (Å²) in [5.74, 6) is -0.381. The van der Waals surface area contributed by atoms with Gasteiger partial charge in [-0.25, -0.2) is 8.42 Å². The molecule has 0 saturated carbocycles. The van der Waals surface area contributed by atoms with Crippen LogP contribution in [0.1, 0.15) is 31.2 Å². The Morgan fingerprint density at radius 3 is 2.64 bits per heavy atom. The van der Waals surface area contributed by atoms with E-state index in [1.54, 1.807) is 25.8 Å². The van der Waals surface area contributed by atoms with E-state index in [2.05, 4.69) is 10.2 Å². The quantitative estimate of drug-likeness (QED) is 0.762. The molecule has 1 amide bonds. The van der Waals surface area contributed by atoms with Crippen LogP contribution in [-0.4, -0.2) is 66.5 Å². The summed E-state index contributed by atoms with van der Waals surface area (Å²) < 4.78 is 27.3. The molecule has 1 saturated heterocycles. The molecule has 144 valence electrons. The Balaban J connectivity index is 0.00000312. The highest BCUT2D eigenvalue weighted by Crippen LogP contribution is 2.27. The first kappa shape index (κ1) is 21.9. The minimum absolute atomic E-state index is 0. The number of nitrogens with zero attached hydrogens (tertiary/aromatic N) is 3. The number of halogens is 1. The monoisotopic (exact) mass is 393 g/mol. The molecule has 1 aromatic heterocycles. The number of aryl methyl sites for hydroxylation is 2. The molecule has 3 N–H and O–H groups in total. The number of likely N-dealkylation sites (N-methyl/N-ethyl adjacent to an activating group) is 1. The summed E-state index contributed by atoms with van der Waals surface area (Å²) >= 11 is 0. The summed E-state index contributed by atoms with van der Waals surface area (Å²) in [7, 11) is -1.93. The number of rotatable bonds is 5. The van der Waals surface area contributed by atoms with Crippen LogP contribution in [0.2, 0.25) is 0 Å². The van der Waals surface area contributed by atoms with E-state index in [1.165, 1.54) is 4.31 Å². The van der Waals surface area contributed by atoms with Crippen LogP contribution in [-0.2, 0) is 14.8 Å². The second kappa shape index (κ2) is 8.48. The van der Waals surface area contributed by atoms with Crippen LogP contribution in [0, 0.1) is 19.8 Å². The number of nitrogens with one attached hydrogen (secondary N) is 1. The van der Waals surface area contributed by atoms with Crippen LogP contribution < -0.4 is 5.73 Å². The number of carbonyl (C=O) groups is 1. The van der Waals surface area contributed by atoms with Gasteiger partial charge in [-0.1, -0.05) is 0 Å². The maximum absolute atomic E-state index is 12.9. The molecule has 0 aromatic carbocycles. The second-order valence-electron chi connectivity index (χ2n) is 6.50. The first-order valence-corrected chi connectivity index (χ1v) is 9.62. The molecule has 1 aliphatic heterocycles. The lowest BCUT2D eigenvalue weighted by atomic mass is 9.97. The molecule has 0 radical (unpaired) electrons. The third-order valence-corrected chi connectivity index (χ3v) is 6.87. The number of hydrogen-bond donors (Lipinski definition) is 2. The Hall–Kier alpha value is -1.16. The van der Waals surface area contributed by atoms with Crippen LogP contribution >= 0.6 is 12.4 Å². The fraction of sp³-hybridized carbons (Fsp3) is 0.733. The third kappa shape index (κ3) is 4.33. The Kier molecular flexibility index (Phi) is 7.42. The number of sulfonamides is 1. The zero-order valence-electron chi connectivity index (χ0n) is 15.2. The maximum atomic E-state index is 12.9. The number of aromatic nitrogens is 2. The Labute approximate surface area is 155 Å². The highest BCUT2D eigenvalue weighted by molar-refractivity contribution is 7.89. The molecule has 2 unspecified atom stereocenters. The molecule has 1 aliphatic rings. The minimum Gasteiger partial charge on any atom is -0.342 e. The van der Waals surface area contributed by atoms with Crippen molar-refractivity contribution >= 4 is 28.3 Å². The van der Waals surface area contributed by atoms with Crippen molar-refractivity contribution in [3.63, 3.8) is 0 Å². The number of piperidine rings is 1. The third-order valence-electron chi connectivity index (χ3n) is 4.74. The predicted octanol–water partition coefficient (Wildman–Crippen LogP) is 0.655. The zero-order chi connectivity index (χ0) is 18.1. The standard InChI is InChI=1S/C15H27N5O3S.ClH/c1-10(8-16)19(4)15(21)13-6-5-7-20(9-13)24(22,23)14-11(2)17-18-12(14)3;/h10,13H,5-9,16H2,1-4H3,(H,17,18);1H. The van der Waals surface area contributed by atoms with Crippen molar-refractivity contribution in [3.8, 4) is 0 Å². The van der Waals surface area contributed by atoms with E-state index in [1.807, 2.05) is 6.92 Å². The molecule has 10 heteroatoms. The van der Waals surface area contributed by atoms with E-state index >= 15 is 0 Å². The van der Waals surface area contributed by atoms with Gasteiger partial charge in [-0.2, -0.15) is 9.40 Å². The molecule has 1 fully saturated rings. The lowest BCUT2D eigenvalue weighted by Crippen LogP contribution is -2.49. The second-order valence-corrected chi connectivity index (χ2v) is 8.37. The average molecular weight is 394 g/mol. The SMILES string of the molecule is Cc1n[nH]c(C)c1S(=O)(=O)N1CCCC(C(=O)N(C)C(C)CN)C1.Cl. The Morgan fingerprint density at radius 2 is 2.12 bits per heavy atom. The molecule has 0 bridgehead atoms. The van der Waals surface area contributed by atoms with E-state index < -0.39 is 10.0 Å². The van der Waals surface area contributed by atoms with Gasteiger partial charge in [0, 0.05) is 32.7 Å². The largest absolute Gasteiger partial charge is 0.342 e. The van der Waals surface area contributed by atoms with Gasteiger partial charge >= 0.3 is 0 Å². The van der Waals surface area contributed by atoms with E-state index in [9.17, 15) is 13.2 Å². The summed E-state index contributed by atoms with van der Waals surface area (Å²) in [6.45, 7) is 6.24. The minimum atomic E-state index is -3.65. The van der Waals surface area contributed by atoms with Gasteiger partial charge in [0.2, 0.25) is 15.9 Å². The number of H-pyrrole nitrogens is 1. The van der Waals surface area contributed by atoms with Gasteiger partial charge in [-0.15, -0.1) is 12.4 Å². The van der Waals surface area contributed by atoms with E-state index in [4.69, 9.17) is 5.73 Å². The molecule has 2 heterocycles. The predicted molar refractivity (Wildman–Crippen MR) is 98.1 cm³/mol. The Bertz CT molecular complexity index is 687. The number of amides is 1. The summed E-state index contributed by atoms with van der Waals surface area (Å²) in [6.07, 6.45) is 1.35. The van der Waals surface area contributed by atoms with Crippen LogP contribution in [0.25, 0.3) is 0 Å². The lowest BCUT2D eigenvalue weighted by Gasteiger charge is -2.34. The normalized spacial score (nSPS) is 20.0. The Morgan fingerprint density at radius 1 is 1.48 bits per heavy atom. The van der Waals surface area contributed by atoms with Gasteiger partial charge < -0.3 is 10.6 Å². The van der Waals surface area contributed by atoms with Gasteiger partial charge in [0.05, 0.1) is 17.3 Å². The summed E-state index contributed by atoms with van der Waals surface area (Å²) in [5, 5.41) is 6.69. The fourth-order valence-corrected chi connectivity index (χ4v) is 4.93. The molecule has 0 aliphatic carbocycles. The molecule has 8 nitrogen and oxygen atoms in total. The number of hydrogen-bond acceptors (Lipinski definition) is 5. The van der Waals surface area contributed by atoms with Crippen molar-refractivity contribution in [2.24, 2.45) is 11.7 Å². The molecule has 2 rings (SSSR count). The smallest absolute Gasteiger partial charge is 0.246 e. The fourth-order valence-electron chi connectivity index (χ4n) is 3.08. The van der Waals surface area contributed by atoms with E-state index in [-0.39, 0.29) is 41.7 Å². The number of aromatic amines is 1. The van der Waals surface area contributed by atoms with E-state index in [0.29, 0.717) is 37.3 Å². The van der Waals surface area contributed by atoms with Gasteiger partial charge in [0.25, 0.3) is 0 Å². The van der Waals surface area contributed by atoms with Gasteiger partial charge in [0.15, 0.2) is 0 Å². The van der Waals surface area contributed by atoms with E-state index in [0.717, 1.165) is 0 Å². The highest BCUT2D eigenvalue weighted by atomic mass is 35.5. The van der Waals surface area contributed by atoms with Crippen molar-refractivity contribution in [1.82, 2.24) is 19.4 Å². The number of nitrogens with two attached hydrogens (primary N) is 1. The highest BCUT2D eigenvalue weighted by Gasteiger charge is 2.37. The lowest BCUT2D eigenvalue weighted by molar-refractivity contribution is -0.137. The summed E-state index contributed by atoms with van der Waals surface area (Å²) in [4.78, 5) is 14.5. The number of carbonyl (C=O) groups excluding carboxylic acids is 1. The molecular weight excluding hydrogens is 366 g/mol. The van der Waals surface area contributed by atoms with Gasteiger partial charge in [-0.05, 0) is 33.6 Å². The van der Waals surface area contributed by atoms with Crippen molar-refractivity contribution in [2.75, 3.05) is 26.7 Å². The van der Waals surface area contributed by atoms with Crippen LogP contribution in [0.15, 0.2) is 4.90 Å². The van der Waals surface area contributed by atoms with Crippen molar-refractivity contribution in [1.29, 1.82) is 0 Å². The molecule has 2 atom stereocenters. The summed E-state index contributed by atoms with van der Waals surface area (Å²) in [6, 6.07) is -0.0668. The zero-order valence-corrected chi connectivity index (χ0v) is 16.8. The summed E-state index contributed by atoms with van der Waals surface area (Å²) in [5.41, 5.74) is 6.60. The molecule has 1 aromatic rings. The average Bonchev–Trinajstić information content (AvgIpc) is 2.92. The van der Waals surface area contributed by atoms with Crippen molar-refractivity contribution in [2.45, 2.75) is 44.6 Å². The van der Waals surface area contributed by atoms with Gasteiger partial charge in [-0.3, -0.25) is 9.89 Å². The van der Waals surface area contributed by atoms with Crippen molar-refractivity contribution < 1.29 is 13.2 Å². The van der Waals surface area contributed by atoms with Crippen LogP contribution in [0.4, 0.5) is 0 Å². The first-order valence-electron chi connectivity index (χ1n) is 8.18. The molecular formula is C15H28ClN5O3S. The maximum Gasteiger partial charge on any atom is 0.246 e. The topological polar surface area (TPSA) is 112 Å².